The van der Waals surface area contributed by atoms with Crippen LogP contribution in [0.25, 0.3) is 11.2 Å². The van der Waals surface area contributed by atoms with Crippen molar-refractivity contribution in [3.63, 3.8) is 0 Å². The first-order chi connectivity index (χ1) is 12.3. The highest BCUT2D eigenvalue weighted by Gasteiger charge is 2.18. The lowest BCUT2D eigenvalue weighted by Gasteiger charge is -2.12. The lowest BCUT2D eigenvalue weighted by molar-refractivity contribution is 0.405. The van der Waals surface area contributed by atoms with Crippen molar-refractivity contribution in [2.24, 2.45) is 0 Å². The summed E-state index contributed by atoms with van der Waals surface area (Å²) in [5, 5.41) is 3.33. The maximum Gasteiger partial charge on any atom is 0.165 e. The van der Waals surface area contributed by atoms with Crippen LogP contribution < -0.4 is 14.8 Å². The minimum Gasteiger partial charge on any atom is -0.497 e. The molecule has 130 valence electrons. The minimum atomic E-state index is 0.678. The standard InChI is InChI=1S/C18H21N5O2/c1-24-12-7-8-14(25-2)13(10-12)21-17-16-18(20-11-19-17)23-9-5-3-4-6-15(23)22-16/h7-8,10-11H,3-6,9H2,1-2H3,(H,19,20,21). The van der Waals surface area contributed by atoms with Gasteiger partial charge < -0.3 is 19.4 Å². The Morgan fingerprint density at radius 2 is 2.00 bits per heavy atom. The molecule has 0 saturated carbocycles. The van der Waals surface area contributed by atoms with Gasteiger partial charge in [0.15, 0.2) is 17.0 Å². The fraction of sp³-hybridized carbons (Fsp3) is 0.389. The quantitative estimate of drug-likeness (QED) is 0.786. The first-order valence-corrected chi connectivity index (χ1v) is 8.49. The predicted octanol–water partition coefficient (Wildman–Crippen LogP) is 3.31. The van der Waals surface area contributed by atoms with Crippen molar-refractivity contribution < 1.29 is 9.47 Å². The molecule has 4 rings (SSSR count). The number of ether oxygens (including phenoxy) is 2. The second-order valence-corrected chi connectivity index (χ2v) is 6.08. The first-order valence-electron chi connectivity index (χ1n) is 8.49. The van der Waals surface area contributed by atoms with Gasteiger partial charge in [-0.05, 0) is 25.0 Å². The molecule has 0 aliphatic carbocycles. The van der Waals surface area contributed by atoms with Crippen molar-refractivity contribution in [3.05, 3.63) is 30.4 Å². The van der Waals surface area contributed by atoms with E-state index in [1.807, 2.05) is 18.2 Å². The number of fused-ring (bicyclic) bond motifs is 3. The van der Waals surface area contributed by atoms with Crippen LogP contribution in [0.5, 0.6) is 11.5 Å². The minimum absolute atomic E-state index is 0.678. The molecule has 3 aromatic rings. The van der Waals surface area contributed by atoms with Crippen LogP contribution in [0.4, 0.5) is 11.5 Å². The number of hydrogen-bond acceptors (Lipinski definition) is 6. The largest absolute Gasteiger partial charge is 0.497 e. The molecular formula is C18H21N5O2. The highest BCUT2D eigenvalue weighted by molar-refractivity contribution is 5.86. The Labute approximate surface area is 146 Å². The summed E-state index contributed by atoms with van der Waals surface area (Å²) in [7, 11) is 3.28. The van der Waals surface area contributed by atoms with Crippen LogP contribution >= 0.6 is 0 Å². The summed E-state index contributed by atoms with van der Waals surface area (Å²) in [5.41, 5.74) is 2.46. The molecular weight excluding hydrogens is 318 g/mol. The molecule has 1 aromatic carbocycles. The number of aromatic nitrogens is 4. The van der Waals surface area contributed by atoms with Gasteiger partial charge in [0.25, 0.3) is 0 Å². The third kappa shape index (κ3) is 2.86. The predicted molar refractivity (Wildman–Crippen MR) is 95.7 cm³/mol. The van der Waals surface area contributed by atoms with Gasteiger partial charge in [-0.1, -0.05) is 6.42 Å². The Bertz CT molecular complexity index is 906. The number of benzene rings is 1. The SMILES string of the molecule is COc1ccc(OC)c(Nc2ncnc3c2nc2n3CCCCC2)c1. The van der Waals surface area contributed by atoms with Crippen molar-refractivity contribution in [1.29, 1.82) is 0 Å². The maximum absolute atomic E-state index is 5.44. The number of anilines is 2. The summed E-state index contributed by atoms with van der Waals surface area (Å²) in [6.07, 6.45) is 6.13. The zero-order chi connectivity index (χ0) is 17.2. The lowest BCUT2D eigenvalue weighted by atomic mass is 10.2. The Balaban J connectivity index is 1.78. The van der Waals surface area contributed by atoms with Crippen molar-refractivity contribution in [2.45, 2.75) is 32.2 Å². The van der Waals surface area contributed by atoms with Crippen molar-refractivity contribution in [2.75, 3.05) is 19.5 Å². The number of nitrogens with zero attached hydrogens (tertiary/aromatic N) is 4. The summed E-state index contributed by atoms with van der Waals surface area (Å²) in [6.45, 7) is 0.963. The highest BCUT2D eigenvalue weighted by Crippen LogP contribution is 2.33. The maximum atomic E-state index is 5.44. The van der Waals surface area contributed by atoms with Gasteiger partial charge in [0.05, 0.1) is 19.9 Å². The monoisotopic (exact) mass is 339 g/mol. The van der Waals surface area contributed by atoms with Crippen molar-refractivity contribution in [3.8, 4) is 11.5 Å². The molecule has 0 fully saturated rings. The van der Waals surface area contributed by atoms with Gasteiger partial charge in [0.1, 0.15) is 23.7 Å². The Morgan fingerprint density at radius 1 is 1.08 bits per heavy atom. The smallest absolute Gasteiger partial charge is 0.165 e. The van der Waals surface area contributed by atoms with E-state index in [0.717, 1.165) is 47.8 Å². The van der Waals surface area contributed by atoms with Gasteiger partial charge in [0.2, 0.25) is 0 Å². The van der Waals surface area contributed by atoms with Crippen molar-refractivity contribution >= 4 is 22.7 Å². The number of hydrogen-bond donors (Lipinski definition) is 1. The van der Waals surface area contributed by atoms with Crippen molar-refractivity contribution in [1.82, 2.24) is 19.5 Å². The van der Waals surface area contributed by atoms with Gasteiger partial charge in [-0.25, -0.2) is 15.0 Å². The van der Waals surface area contributed by atoms with Crippen LogP contribution in [0.2, 0.25) is 0 Å². The Hall–Kier alpha value is -2.83. The third-order valence-electron chi connectivity index (χ3n) is 4.55. The molecule has 1 aliphatic rings. The summed E-state index contributed by atoms with van der Waals surface area (Å²) in [6, 6.07) is 5.61. The molecule has 7 nitrogen and oxygen atoms in total. The molecule has 0 spiro atoms. The lowest BCUT2D eigenvalue weighted by Crippen LogP contribution is -2.02. The number of aryl methyl sites for hydroxylation is 2. The van der Waals surface area contributed by atoms with Gasteiger partial charge in [-0.2, -0.15) is 0 Å². The second kappa shape index (κ2) is 6.58. The fourth-order valence-electron chi connectivity index (χ4n) is 3.27. The normalized spacial score (nSPS) is 14.0. The van der Waals surface area contributed by atoms with E-state index in [9.17, 15) is 0 Å². The third-order valence-corrected chi connectivity index (χ3v) is 4.55. The van der Waals surface area contributed by atoms with E-state index in [4.69, 9.17) is 14.5 Å². The van der Waals surface area contributed by atoms with Crippen LogP contribution in [-0.2, 0) is 13.0 Å². The molecule has 0 radical (unpaired) electrons. The van der Waals surface area contributed by atoms with E-state index >= 15 is 0 Å². The van der Waals surface area contributed by atoms with E-state index in [1.54, 1.807) is 20.5 Å². The number of rotatable bonds is 4. The van der Waals surface area contributed by atoms with E-state index < -0.39 is 0 Å². The zero-order valence-electron chi connectivity index (χ0n) is 14.5. The highest BCUT2D eigenvalue weighted by atomic mass is 16.5. The molecule has 0 saturated heterocycles. The Kier molecular flexibility index (Phi) is 4.13. The first kappa shape index (κ1) is 15.7. The molecule has 0 amide bonds. The second-order valence-electron chi connectivity index (χ2n) is 6.08. The molecule has 3 heterocycles. The van der Waals surface area contributed by atoms with Gasteiger partial charge >= 0.3 is 0 Å². The van der Waals surface area contributed by atoms with E-state index in [-0.39, 0.29) is 0 Å². The van der Waals surface area contributed by atoms with Gasteiger partial charge in [-0.15, -0.1) is 0 Å². The summed E-state index contributed by atoms with van der Waals surface area (Å²) in [4.78, 5) is 13.7. The fourth-order valence-corrected chi connectivity index (χ4v) is 3.27. The molecule has 1 aliphatic heterocycles. The number of imidazole rings is 1. The summed E-state index contributed by atoms with van der Waals surface area (Å²) < 4.78 is 13.0. The molecule has 2 aromatic heterocycles. The van der Waals surface area contributed by atoms with E-state index in [1.165, 1.54) is 12.8 Å². The number of methoxy groups -OCH3 is 2. The molecule has 25 heavy (non-hydrogen) atoms. The van der Waals surface area contributed by atoms with E-state index in [2.05, 4.69) is 19.9 Å². The molecule has 1 N–H and O–H groups in total. The van der Waals surface area contributed by atoms with Crippen LogP contribution in [0.15, 0.2) is 24.5 Å². The number of nitrogens with one attached hydrogen (secondary N) is 1. The molecule has 0 atom stereocenters. The Morgan fingerprint density at radius 3 is 2.84 bits per heavy atom. The van der Waals surface area contributed by atoms with Crippen LogP contribution in [0.1, 0.15) is 25.1 Å². The average Bonchev–Trinajstić information content (AvgIpc) is 2.84. The molecule has 0 unspecified atom stereocenters. The van der Waals surface area contributed by atoms with Crippen LogP contribution in [-0.4, -0.2) is 33.7 Å². The van der Waals surface area contributed by atoms with Gasteiger partial charge in [0, 0.05) is 19.0 Å². The van der Waals surface area contributed by atoms with Crippen LogP contribution in [0.3, 0.4) is 0 Å². The van der Waals surface area contributed by atoms with E-state index in [0.29, 0.717) is 11.6 Å². The summed E-state index contributed by atoms with van der Waals surface area (Å²) in [5.74, 6) is 3.23. The summed E-state index contributed by atoms with van der Waals surface area (Å²) >= 11 is 0. The van der Waals surface area contributed by atoms with Gasteiger partial charge in [-0.3, -0.25) is 0 Å². The average molecular weight is 339 g/mol. The van der Waals surface area contributed by atoms with Crippen LogP contribution in [0, 0.1) is 0 Å². The zero-order valence-corrected chi connectivity index (χ0v) is 14.5. The molecule has 7 heteroatoms. The topological polar surface area (TPSA) is 74.1 Å². The molecule has 0 bridgehead atoms.